The highest BCUT2D eigenvalue weighted by molar-refractivity contribution is 5.86. The van der Waals surface area contributed by atoms with Crippen molar-refractivity contribution in [2.24, 2.45) is 5.41 Å². The maximum Gasteiger partial charge on any atom is 0.243 e. The van der Waals surface area contributed by atoms with Gasteiger partial charge in [-0.1, -0.05) is 12.8 Å². The monoisotopic (exact) mass is 369 g/mol. The number of nitrogens with zero attached hydrogens (tertiary/aromatic N) is 4. The lowest BCUT2D eigenvalue weighted by Crippen LogP contribution is -2.54. The molecule has 7 nitrogen and oxygen atoms in total. The molecular weight excluding hydrogens is 342 g/mol. The van der Waals surface area contributed by atoms with Gasteiger partial charge in [0.2, 0.25) is 11.9 Å². The minimum atomic E-state index is -0.771. The zero-order valence-electron chi connectivity index (χ0n) is 15.7. The van der Waals surface area contributed by atoms with Crippen LogP contribution < -0.4 is 5.32 Å². The van der Waals surface area contributed by atoms with Crippen LogP contribution in [0.2, 0.25) is 0 Å². The van der Waals surface area contributed by atoms with Gasteiger partial charge < -0.3 is 15.0 Å². The van der Waals surface area contributed by atoms with Gasteiger partial charge in [-0.3, -0.25) is 4.79 Å². The summed E-state index contributed by atoms with van der Waals surface area (Å²) in [6.45, 7) is 2.06. The Morgan fingerprint density at radius 1 is 1.22 bits per heavy atom. The maximum absolute atomic E-state index is 13.0. The molecule has 1 aromatic heterocycles. The van der Waals surface area contributed by atoms with Crippen molar-refractivity contribution in [1.29, 1.82) is 5.26 Å². The minimum Gasteiger partial charge on any atom is -0.375 e. The number of hydrogen-bond acceptors (Lipinski definition) is 6. The van der Waals surface area contributed by atoms with Crippen LogP contribution in [0.3, 0.4) is 0 Å². The molecule has 4 rings (SSSR count). The fourth-order valence-corrected chi connectivity index (χ4v) is 4.83. The van der Waals surface area contributed by atoms with E-state index in [0.29, 0.717) is 38.5 Å². The Morgan fingerprint density at radius 2 is 1.93 bits per heavy atom. The standard InChI is InChI=1S/C20H27N5O2/c21-15-19(5-1-2-6-19)17(26)25-11-7-20(8-12-25)14-16(4-13-27-20)24-18-22-9-3-10-23-18/h3,9-10,16H,1-2,4-8,11-14H2,(H,22,23,24). The van der Waals surface area contributed by atoms with E-state index in [1.165, 1.54) is 0 Å². The van der Waals surface area contributed by atoms with Crippen molar-refractivity contribution in [3.8, 4) is 6.07 Å². The summed E-state index contributed by atoms with van der Waals surface area (Å²) in [6.07, 6.45) is 10.3. The third kappa shape index (κ3) is 3.63. The fourth-order valence-electron chi connectivity index (χ4n) is 4.83. The molecule has 1 spiro atoms. The van der Waals surface area contributed by atoms with E-state index in [-0.39, 0.29) is 17.6 Å². The van der Waals surface area contributed by atoms with Gasteiger partial charge in [-0.2, -0.15) is 5.26 Å². The number of hydrogen-bond donors (Lipinski definition) is 1. The van der Waals surface area contributed by atoms with Crippen LogP contribution in [-0.2, 0) is 9.53 Å². The third-order valence-electron chi connectivity index (χ3n) is 6.43. The lowest BCUT2D eigenvalue weighted by atomic mass is 9.80. The molecule has 1 aliphatic carbocycles. The number of rotatable bonds is 3. The molecule has 2 saturated heterocycles. The Kier molecular flexibility index (Phi) is 5.00. The van der Waals surface area contributed by atoms with Crippen molar-refractivity contribution in [3.63, 3.8) is 0 Å². The number of carbonyl (C=O) groups excluding carboxylic acids is 1. The molecule has 0 aromatic carbocycles. The molecule has 0 bridgehead atoms. The molecule has 2 aliphatic heterocycles. The summed E-state index contributed by atoms with van der Waals surface area (Å²) in [6, 6.07) is 4.42. The number of amides is 1. The largest absolute Gasteiger partial charge is 0.375 e. The second-order valence-electron chi connectivity index (χ2n) is 8.13. The van der Waals surface area contributed by atoms with E-state index in [1.807, 2.05) is 11.0 Å². The highest BCUT2D eigenvalue weighted by atomic mass is 16.5. The lowest BCUT2D eigenvalue weighted by Gasteiger charge is -2.47. The molecule has 0 radical (unpaired) electrons. The van der Waals surface area contributed by atoms with E-state index in [9.17, 15) is 10.1 Å². The van der Waals surface area contributed by atoms with Gasteiger partial charge in [0.15, 0.2) is 0 Å². The van der Waals surface area contributed by atoms with Crippen molar-refractivity contribution < 1.29 is 9.53 Å². The number of carbonyl (C=O) groups is 1. The summed E-state index contributed by atoms with van der Waals surface area (Å²) in [7, 11) is 0. The molecule has 1 N–H and O–H groups in total. The number of nitrogens with one attached hydrogen (secondary N) is 1. The molecule has 3 fully saturated rings. The molecule has 3 aliphatic rings. The highest BCUT2D eigenvalue weighted by Crippen LogP contribution is 2.41. The average Bonchev–Trinajstić information content (AvgIpc) is 3.19. The number of ether oxygens (including phenoxy) is 1. The van der Waals surface area contributed by atoms with Crippen LogP contribution in [-0.4, -0.2) is 52.1 Å². The van der Waals surface area contributed by atoms with Gasteiger partial charge in [-0.15, -0.1) is 0 Å². The van der Waals surface area contributed by atoms with Gasteiger partial charge in [0.1, 0.15) is 5.41 Å². The molecule has 1 unspecified atom stereocenters. The van der Waals surface area contributed by atoms with Crippen molar-refractivity contribution in [2.45, 2.75) is 63.0 Å². The average molecular weight is 369 g/mol. The Morgan fingerprint density at radius 3 is 2.59 bits per heavy atom. The maximum atomic E-state index is 13.0. The predicted molar refractivity (Wildman–Crippen MR) is 99.7 cm³/mol. The van der Waals surface area contributed by atoms with E-state index in [0.717, 1.165) is 38.5 Å². The molecule has 3 heterocycles. The SMILES string of the molecule is N#CC1(C(=O)N2CCC3(CC2)CC(Nc2ncccn2)CCO3)CCCC1. The molecule has 7 heteroatoms. The normalized spacial score (nSPS) is 26.5. The Balaban J connectivity index is 1.36. The van der Waals surface area contributed by atoms with Crippen molar-refractivity contribution in [1.82, 2.24) is 14.9 Å². The first-order chi connectivity index (χ1) is 13.1. The summed E-state index contributed by atoms with van der Waals surface area (Å²) in [5.41, 5.74) is -0.955. The first-order valence-electron chi connectivity index (χ1n) is 10.0. The van der Waals surface area contributed by atoms with E-state index in [1.54, 1.807) is 12.4 Å². The zero-order valence-corrected chi connectivity index (χ0v) is 15.7. The van der Waals surface area contributed by atoms with Gasteiger partial charge in [0.25, 0.3) is 0 Å². The topological polar surface area (TPSA) is 91.1 Å². The quantitative estimate of drug-likeness (QED) is 0.880. The van der Waals surface area contributed by atoms with Gasteiger partial charge in [0, 0.05) is 38.1 Å². The highest BCUT2D eigenvalue weighted by Gasteiger charge is 2.47. The van der Waals surface area contributed by atoms with Gasteiger partial charge in [0.05, 0.1) is 11.7 Å². The first kappa shape index (κ1) is 18.2. The first-order valence-corrected chi connectivity index (χ1v) is 10.0. The Labute approximate surface area is 160 Å². The van der Waals surface area contributed by atoms with Crippen LogP contribution >= 0.6 is 0 Å². The summed E-state index contributed by atoms with van der Waals surface area (Å²) in [5, 5.41) is 13.0. The Bertz CT molecular complexity index is 703. The zero-order chi connectivity index (χ0) is 18.7. The lowest BCUT2D eigenvalue weighted by molar-refractivity contribution is -0.149. The van der Waals surface area contributed by atoms with Crippen LogP contribution in [0, 0.1) is 16.7 Å². The fraction of sp³-hybridized carbons (Fsp3) is 0.700. The van der Waals surface area contributed by atoms with Crippen LogP contribution in [0.5, 0.6) is 0 Å². The molecule has 1 amide bonds. The minimum absolute atomic E-state index is 0.0421. The molecule has 27 heavy (non-hydrogen) atoms. The Hall–Kier alpha value is -2.20. The predicted octanol–water partition coefficient (Wildman–Crippen LogP) is 2.51. The molecule has 144 valence electrons. The van der Waals surface area contributed by atoms with E-state index in [4.69, 9.17) is 4.74 Å². The van der Waals surface area contributed by atoms with Crippen LogP contribution in [0.1, 0.15) is 51.4 Å². The second kappa shape index (κ2) is 7.43. The number of anilines is 1. The number of nitriles is 1. The molecular formula is C20H27N5O2. The smallest absolute Gasteiger partial charge is 0.243 e. The molecule has 1 aromatic rings. The van der Waals surface area contributed by atoms with Crippen molar-refractivity contribution in [2.75, 3.05) is 25.0 Å². The van der Waals surface area contributed by atoms with Crippen molar-refractivity contribution >= 4 is 11.9 Å². The summed E-state index contributed by atoms with van der Waals surface area (Å²) >= 11 is 0. The molecule has 1 saturated carbocycles. The second-order valence-corrected chi connectivity index (χ2v) is 8.13. The van der Waals surface area contributed by atoms with E-state index < -0.39 is 5.41 Å². The molecule has 1 atom stereocenters. The third-order valence-corrected chi connectivity index (χ3v) is 6.43. The van der Waals surface area contributed by atoms with Gasteiger partial charge in [-0.25, -0.2) is 9.97 Å². The van der Waals surface area contributed by atoms with E-state index >= 15 is 0 Å². The van der Waals surface area contributed by atoms with Crippen LogP contribution in [0.25, 0.3) is 0 Å². The summed E-state index contributed by atoms with van der Waals surface area (Å²) in [5.74, 6) is 0.699. The summed E-state index contributed by atoms with van der Waals surface area (Å²) in [4.78, 5) is 23.4. The number of aromatic nitrogens is 2. The number of piperidine rings is 1. The summed E-state index contributed by atoms with van der Waals surface area (Å²) < 4.78 is 6.20. The van der Waals surface area contributed by atoms with Crippen molar-refractivity contribution in [3.05, 3.63) is 18.5 Å². The van der Waals surface area contributed by atoms with Gasteiger partial charge >= 0.3 is 0 Å². The van der Waals surface area contributed by atoms with E-state index in [2.05, 4.69) is 21.4 Å². The van der Waals surface area contributed by atoms with Crippen LogP contribution in [0.15, 0.2) is 18.5 Å². The van der Waals surface area contributed by atoms with Gasteiger partial charge in [-0.05, 0) is 44.6 Å². The number of likely N-dealkylation sites (tertiary alicyclic amines) is 1. The van der Waals surface area contributed by atoms with Crippen LogP contribution in [0.4, 0.5) is 5.95 Å².